The third-order valence-electron chi connectivity index (χ3n) is 8.42. The molecule has 0 bridgehead atoms. The maximum atomic E-state index is 12.1. The van der Waals surface area contributed by atoms with Gasteiger partial charge < -0.3 is 29.0 Å². The maximum absolute atomic E-state index is 12.1. The summed E-state index contributed by atoms with van der Waals surface area (Å²) in [4.78, 5) is 14.3. The Morgan fingerprint density at radius 2 is 1.44 bits per heavy atom. The number of likely N-dealkylation sites (N-methyl/N-ethyl adjacent to an activating group) is 1. The Morgan fingerprint density at radius 3 is 2.13 bits per heavy atom. The van der Waals surface area contributed by atoms with Gasteiger partial charge in [0.05, 0.1) is 18.1 Å². The number of fused-ring (bicyclic) bond motifs is 1. The molecule has 54 heavy (non-hydrogen) atoms. The molecule has 0 atom stereocenters. The molecular formula is C43H50N2O8S. The summed E-state index contributed by atoms with van der Waals surface area (Å²) in [6.07, 6.45) is 0.750. The fourth-order valence-corrected chi connectivity index (χ4v) is 6.24. The third kappa shape index (κ3) is 12.2. The molecule has 0 aliphatic carbocycles. The van der Waals surface area contributed by atoms with Gasteiger partial charge in [-0.1, -0.05) is 55.5 Å². The highest BCUT2D eigenvalue weighted by atomic mass is 32.2. The number of hydrogen-bond acceptors (Lipinski definition) is 9. The number of carbonyl (C=O) groups is 1. The first-order chi connectivity index (χ1) is 25.9. The van der Waals surface area contributed by atoms with Crippen LogP contribution in [-0.2, 0) is 25.9 Å². The van der Waals surface area contributed by atoms with Crippen LogP contribution in [0.25, 0.3) is 21.9 Å². The zero-order valence-corrected chi connectivity index (χ0v) is 32.5. The summed E-state index contributed by atoms with van der Waals surface area (Å²) in [7, 11) is -3.34. The molecule has 0 unspecified atom stereocenters. The summed E-state index contributed by atoms with van der Waals surface area (Å²) in [5, 5.41) is 4.52. The molecule has 0 fully saturated rings. The van der Waals surface area contributed by atoms with Crippen molar-refractivity contribution in [3.63, 3.8) is 0 Å². The van der Waals surface area contributed by atoms with Gasteiger partial charge in [0.25, 0.3) is 0 Å². The van der Waals surface area contributed by atoms with Gasteiger partial charge in [-0.05, 0) is 104 Å². The minimum absolute atomic E-state index is 0.255. The van der Waals surface area contributed by atoms with Crippen LogP contribution in [0.15, 0.2) is 114 Å². The summed E-state index contributed by atoms with van der Waals surface area (Å²) in [6, 6.07) is 34.3. The van der Waals surface area contributed by atoms with E-state index in [-0.39, 0.29) is 4.90 Å². The van der Waals surface area contributed by atoms with Crippen molar-refractivity contribution >= 4 is 26.7 Å². The molecule has 0 saturated carbocycles. The molecule has 10 nitrogen and oxygen atoms in total. The van der Waals surface area contributed by atoms with Crippen molar-refractivity contribution in [1.82, 2.24) is 10.2 Å². The van der Waals surface area contributed by atoms with Gasteiger partial charge in [-0.15, -0.1) is 0 Å². The minimum Gasteiger partial charge on any atom is -0.492 e. The molecule has 0 aliphatic rings. The molecule has 0 radical (unpaired) electrons. The van der Waals surface area contributed by atoms with E-state index >= 15 is 0 Å². The largest absolute Gasteiger partial charge is 0.492 e. The fourth-order valence-electron chi connectivity index (χ4n) is 5.61. The van der Waals surface area contributed by atoms with Crippen molar-refractivity contribution in [2.24, 2.45) is 0 Å². The van der Waals surface area contributed by atoms with Gasteiger partial charge >= 0.3 is 6.09 Å². The number of amides is 1. The van der Waals surface area contributed by atoms with Crippen molar-refractivity contribution in [2.45, 2.75) is 44.8 Å². The van der Waals surface area contributed by atoms with Crippen molar-refractivity contribution < 1.29 is 36.9 Å². The third-order valence-corrected chi connectivity index (χ3v) is 9.55. The lowest BCUT2D eigenvalue weighted by molar-refractivity contribution is 0.0489. The first-order valence-corrected chi connectivity index (χ1v) is 20.0. The number of carbonyl (C=O) groups excluding carboxylic acids is 1. The van der Waals surface area contributed by atoms with E-state index in [0.29, 0.717) is 44.5 Å². The van der Waals surface area contributed by atoms with E-state index < -0.39 is 21.5 Å². The van der Waals surface area contributed by atoms with E-state index in [9.17, 15) is 13.2 Å². The number of nitrogens with one attached hydrogen (secondary N) is 1. The van der Waals surface area contributed by atoms with E-state index in [4.69, 9.17) is 23.7 Å². The van der Waals surface area contributed by atoms with Gasteiger partial charge in [0, 0.05) is 36.8 Å². The predicted octanol–water partition coefficient (Wildman–Crippen LogP) is 8.52. The zero-order chi connectivity index (χ0) is 38.6. The predicted molar refractivity (Wildman–Crippen MR) is 212 cm³/mol. The SMILES string of the molecule is CCN(CCOCCNC(=O)OC(C)(C)C)CCOc1ccc(Oc2c(-c3ccc(S(C)(=O)=O)cc3)ccc3cc(OCc4ccccc4)ccc23)cc1. The Kier molecular flexibility index (Phi) is 13.9. The molecule has 5 aromatic carbocycles. The summed E-state index contributed by atoms with van der Waals surface area (Å²) in [5.74, 6) is 2.73. The fraction of sp³-hybridized carbons (Fsp3) is 0.326. The molecule has 286 valence electrons. The Hall–Kier alpha value is -5.10. The molecule has 11 heteroatoms. The second-order valence-electron chi connectivity index (χ2n) is 13.8. The van der Waals surface area contributed by atoms with E-state index in [0.717, 1.165) is 58.6 Å². The lowest BCUT2D eigenvalue weighted by Gasteiger charge is -2.21. The van der Waals surface area contributed by atoms with Crippen LogP contribution < -0.4 is 19.5 Å². The minimum atomic E-state index is -3.34. The second kappa shape index (κ2) is 18.8. The highest BCUT2D eigenvalue weighted by Gasteiger charge is 2.17. The topological polar surface area (TPSA) is 113 Å². The number of hydrogen-bond donors (Lipinski definition) is 1. The number of rotatable bonds is 18. The van der Waals surface area contributed by atoms with Crippen LogP contribution in [0, 0.1) is 0 Å². The number of benzene rings is 5. The summed E-state index contributed by atoms with van der Waals surface area (Å²) in [6.45, 7) is 12.2. The van der Waals surface area contributed by atoms with Gasteiger partial charge in [0.1, 0.15) is 41.8 Å². The van der Waals surface area contributed by atoms with Gasteiger partial charge in [0.2, 0.25) is 0 Å². The summed E-state index contributed by atoms with van der Waals surface area (Å²) in [5.41, 5.74) is 2.20. The van der Waals surface area contributed by atoms with Crippen LogP contribution in [0.1, 0.15) is 33.3 Å². The maximum Gasteiger partial charge on any atom is 0.407 e. The van der Waals surface area contributed by atoms with Gasteiger partial charge in [0.15, 0.2) is 9.84 Å². The van der Waals surface area contributed by atoms with Crippen molar-refractivity contribution in [3.8, 4) is 34.1 Å². The first-order valence-electron chi connectivity index (χ1n) is 18.1. The van der Waals surface area contributed by atoms with E-state index in [1.54, 1.807) is 24.3 Å². The standard InChI is InChI=1S/C43H50N2O8S/c1-6-45(25-28-49-27-24-44-42(46)53-43(2,3)4)26-29-50-35-15-17-36(18-16-35)52-41-39(33-12-20-38(21-13-33)54(5,47)48)22-14-34-30-37(19-23-40(34)41)51-31-32-10-8-7-9-11-32/h7-23,30H,6,24-29,31H2,1-5H3,(H,44,46). The van der Waals surface area contributed by atoms with Crippen LogP contribution in [0.2, 0.25) is 0 Å². The normalized spacial score (nSPS) is 11.7. The van der Waals surface area contributed by atoms with Crippen LogP contribution in [0.4, 0.5) is 4.79 Å². The number of ether oxygens (including phenoxy) is 5. The van der Waals surface area contributed by atoms with Crippen molar-refractivity contribution in [1.29, 1.82) is 0 Å². The van der Waals surface area contributed by atoms with Crippen LogP contribution >= 0.6 is 0 Å². The lowest BCUT2D eigenvalue weighted by Crippen LogP contribution is -2.35. The van der Waals surface area contributed by atoms with E-state index in [1.807, 2.05) is 106 Å². The Balaban J connectivity index is 1.21. The van der Waals surface area contributed by atoms with Crippen molar-refractivity contribution in [2.75, 3.05) is 52.3 Å². The van der Waals surface area contributed by atoms with E-state index in [2.05, 4.69) is 17.1 Å². The van der Waals surface area contributed by atoms with Gasteiger partial charge in [-0.3, -0.25) is 4.90 Å². The van der Waals surface area contributed by atoms with Crippen molar-refractivity contribution in [3.05, 3.63) is 115 Å². The average Bonchev–Trinajstić information content (AvgIpc) is 3.14. The number of sulfone groups is 1. The monoisotopic (exact) mass is 754 g/mol. The van der Waals surface area contributed by atoms with Gasteiger partial charge in [-0.2, -0.15) is 0 Å². The molecule has 1 amide bonds. The summed E-state index contributed by atoms with van der Waals surface area (Å²) < 4.78 is 54.0. The summed E-state index contributed by atoms with van der Waals surface area (Å²) >= 11 is 0. The molecule has 0 aromatic heterocycles. The first kappa shape index (κ1) is 40.1. The lowest BCUT2D eigenvalue weighted by atomic mass is 9.99. The molecule has 0 heterocycles. The highest BCUT2D eigenvalue weighted by molar-refractivity contribution is 7.90. The molecule has 0 aliphatic heterocycles. The van der Waals surface area contributed by atoms with Crippen LogP contribution in [-0.4, -0.2) is 77.3 Å². The van der Waals surface area contributed by atoms with Crippen LogP contribution in [0.5, 0.6) is 23.0 Å². The Labute approximate surface area is 318 Å². The number of alkyl carbamates (subject to hydrolysis) is 1. The molecule has 1 N–H and O–H groups in total. The molecule has 0 spiro atoms. The van der Waals surface area contributed by atoms with Gasteiger partial charge in [-0.25, -0.2) is 13.2 Å². The zero-order valence-electron chi connectivity index (χ0n) is 31.7. The highest BCUT2D eigenvalue weighted by Crippen LogP contribution is 2.41. The number of nitrogens with zero attached hydrogens (tertiary/aromatic N) is 1. The van der Waals surface area contributed by atoms with Crippen LogP contribution in [0.3, 0.4) is 0 Å². The average molecular weight is 755 g/mol. The molecule has 5 aromatic rings. The smallest absolute Gasteiger partial charge is 0.407 e. The van der Waals surface area contributed by atoms with E-state index in [1.165, 1.54) is 6.26 Å². The quantitative estimate of drug-likeness (QED) is 0.0880. The molecular weight excluding hydrogens is 705 g/mol. The second-order valence-corrected chi connectivity index (χ2v) is 15.8. The molecule has 5 rings (SSSR count). The Morgan fingerprint density at radius 1 is 0.759 bits per heavy atom. The molecule has 0 saturated heterocycles. The Bertz CT molecular complexity index is 2060.